The van der Waals surface area contributed by atoms with E-state index in [2.05, 4.69) is 10.3 Å². The lowest BCUT2D eigenvalue weighted by atomic mass is 9.95. The van der Waals surface area contributed by atoms with Crippen LogP contribution in [0.5, 0.6) is 0 Å². The van der Waals surface area contributed by atoms with Crippen molar-refractivity contribution in [2.75, 3.05) is 6.61 Å². The molecule has 5 atom stereocenters. The van der Waals surface area contributed by atoms with Crippen LogP contribution < -0.4 is 5.32 Å². The van der Waals surface area contributed by atoms with Gasteiger partial charge in [-0.15, -0.1) is 11.3 Å². The summed E-state index contributed by atoms with van der Waals surface area (Å²) in [7, 11) is 0. The molecule has 1 aromatic rings. The highest BCUT2D eigenvalue weighted by molar-refractivity contribution is 7.09. The van der Waals surface area contributed by atoms with Gasteiger partial charge in [0.05, 0.1) is 6.61 Å². The van der Waals surface area contributed by atoms with Crippen molar-refractivity contribution < 1.29 is 30.0 Å². The molecule has 1 fully saturated rings. The molecule has 1 aliphatic rings. The third kappa shape index (κ3) is 3.45. The molecule has 0 saturated carbocycles. The number of hydrogen-bond acceptors (Lipinski definition) is 8. The number of thiazole rings is 1. The lowest BCUT2D eigenvalue weighted by molar-refractivity contribution is -0.231. The normalized spacial score (nSPS) is 32.2. The van der Waals surface area contributed by atoms with Crippen molar-refractivity contribution in [3.63, 3.8) is 0 Å². The van der Waals surface area contributed by atoms with Gasteiger partial charge in [-0.25, -0.2) is 4.98 Å². The molecule has 124 valence electrons. The van der Waals surface area contributed by atoms with Crippen molar-refractivity contribution in [3.8, 4) is 0 Å². The molecule has 0 bridgehead atoms. The van der Waals surface area contributed by atoms with E-state index in [4.69, 9.17) is 9.84 Å². The first-order valence-electron chi connectivity index (χ1n) is 6.92. The van der Waals surface area contributed by atoms with Crippen LogP contribution in [0, 0.1) is 0 Å². The third-order valence-corrected chi connectivity index (χ3v) is 4.22. The molecule has 0 spiro atoms. The predicted molar refractivity (Wildman–Crippen MR) is 77.4 cm³/mol. The van der Waals surface area contributed by atoms with Gasteiger partial charge >= 0.3 is 0 Å². The Kier molecular flexibility index (Phi) is 5.48. The Morgan fingerprint density at radius 2 is 2.05 bits per heavy atom. The van der Waals surface area contributed by atoms with E-state index in [1.165, 1.54) is 5.38 Å². The number of amides is 1. The minimum absolute atomic E-state index is 0.0371. The highest BCUT2D eigenvalue weighted by atomic mass is 32.1. The minimum atomic E-state index is -1.47. The summed E-state index contributed by atoms with van der Waals surface area (Å²) in [6, 6.07) is -0.0371. The van der Waals surface area contributed by atoms with Crippen molar-refractivity contribution in [1.82, 2.24) is 10.3 Å². The maximum Gasteiger partial charge on any atom is 0.270 e. The first kappa shape index (κ1) is 17.3. The highest BCUT2D eigenvalue weighted by Gasteiger charge is 2.45. The van der Waals surface area contributed by atoms with Crippen LogP contribution in [-0.2, 0) is 4.74 Å². The van der Waals surface area contributed by atoms with Crippen molar-refractivity contribution in [3.05, 3.63) is 16.1 Å². The van der Waals surface area contributed by atoms with Crippen LogP contribution in [-0.4, -0.2) is 68.4 Å². The molecule has 0 unspecified atom stereocenters. The number of aliphatic hydroxyl groups is 4. The topological polar surface area (TPSA) is 132 Å². The molecule has 1 aliphatic heterocycles. The van der Waals surface area contributed by atoms with Crippen molar-refractivity contribution in [1.29, 1.82) is 0 Å². The lowest BCUT2D eigenvalue weighted by Gasteiger charge is -2.39. The van der Waals surface area contributed by atoms with Gasteiger partial charge in [-0.1, -0.05) is 0 Å². The first-order valence-corrected chi connectivity index (χ1v) is 7.80. The molecule has 1 amide bonds. The summed E-state index contributed by atoms with van der Waals surface area (Å²) in [6.07, 6.45) is -6.29. The molecular weight excluding hydrogens is 312 g/mol. The predicted octanol–water partition coefficient (Wildman–Crippen LogP) is -1.20. The molecule has 2 heterocycles. The van der Waals surface area contributed by atoms with Gasteiger partial charge in [0.25, 0.3) is 5.91 Å². The molecule has 0 radical (unpaired) electrons. The molecule has 1 saturated heterocycles. The van der Waals surface area contributed by atoms with Gasteiger partial charge < -0.3 is 30.5 Å². The van der Waals surface area contributed by atoms with E-state index >= 15 is 0 Å². The second-order valence-corrected chi connectivity index (χ2v) is 6.34. The van der Waals surface area contributed by atoms with Gasteiger partial charge in [0.1, 0.15) is 41.2 Å². The highest BCUT2D eigenvalue weighted by Crippen LogP contribution is 2.33. The first-order chi connectivity index (χ1) is 10.3. The fourth-order valence-electron chi connectivity index (χ4n) is 2.16. The Labute approximate surface area is 131 Å². The zero-order valence-electron chi connectivity index (χ0n) is 12.2. The molecule has 5 N–H and O–H groups in total. The van der Waals surface area contributed by atoms with Crippen molar-refractivity contribution >= 4 is 17.2 Å². The average Bonchev–Trinajstić information content (AvgIpc) is 2.94. The van der Waals surface area contributed by atoms with Crippen LogP contribution in [0.3, 0.4) is 0 Å². The molecule has 2 rings (SSSR count). The number of aliphatic hydroxyl groups excluding tert-OH is 4. The summed E-state index contributed by atoms with van der Waals surface area (Å²) in [5, 5.41) is 43.2. The van der Waals surface area contributed by atoms with Crippen LogP contribution in [0.2, 0.25) is 0 Å². The number of nitrogens with one attached hydrogen (secondary N) is 1. The zero-order valence-corrected chi connectivity index (χ0v) is 13.0. The maximum atomic E-state index is 11.9. The Morgan fingerprint density at radius 1 is 1.36 bits per heavy atom. The maximum absolute atomic E-state index is 11.9. The van der Waals surface area contributed by atoms with Crippen LogP contribution in [0.4, 0.5) is 0 Å². The van der Waals surface area contributed by atoms with Gasteiger partial charge in [0, 0.05) is 11.4 Å². The number of hydrogen-bond donors (Lipinski definition) is 5. The monoisotopic (exact) mass is 332 g/mol. The van der Waals surface area contributed by atoms with Crippen molar-refractivity contribution in [2.24, 2.45) is 0 Å². The number of nitrogens with zero attached hydrogens (tertiary/aromatic N) is 1. The molecule has 0 aliphatic carbocycles. The van der Waals surface area contributed by atoms with Crippen molar-refractivity contribution in [2.45, 2.75) is 50.4 Å². The summed E-state index contributed by atoms with van der Waals surface area (Å²) in [4.78, 5) is 16.0. The van der Waals surface area contributed by atoms with E-state index in [0.29, 0.717) is 5.01 Å². The zero-order chi connectivity index (χ0) is 16.4. The number of rotatable bonds is 4. The fourth-order valence-corrected chi connectivity index (χ4v) is 3.04. The number of carbonyl (C=O) groups is 1. The van der Waals surface area contributed by atoms with Gasteiger partial charge in [-0.3, -0.25) is 4.79 Å². The molecule has 1 aromatic heterocycles. The van der Waals surface area contributed by atoms with E-state index in [1.807, 2.05) is 13.8 Å². The molecule has 22 heavy (non-hydrogen) atoms. The van der Waals surface area contributed by atoms with Crippen LogP contribution in [0.25, 0.3) is 0 Å². The third-order valence-electron chi connectivity index (χ3n) is 3.31. The SMILES string of the molecule is CC(C)NC(=O)c1csc([C@@H]2O[C@H](CO)[C@H](O)[C@H](O)[C@H]2O)n1. The molecule has 9 heteroatoms. The smallest absolute Gasteiger partial charge is 0.270 e. The quantitative estimate of drug-likeness (QED) is 0.468. The minimum Gasteiger partial charge on any atom is -0.394 e. The number of aromatic nitrogens is 1. The molecule has 8 nitrogen and oxygen atoms in total. The summed E-state index contributed by atoms with van der Waals surface area (Å²) in [5.74, 6) is -0.345. The molecule has 0 aromatic carbocycles. The fraction of sp³-hybridized carbons (Fsp3) is 0.692. The van der Waals surface area contributed by atoms with Gasteiger partial charge in [0.15, 0.2) is 0 Å². The van der Waals surface area contributed by atoms with E-state index in [9.17, 15) is 20.1 Å². The Bertz CT molecular complexity index is 520. The van der Waals surface area contributed by atoms with Crippen LogP contribution in [0.15, 0.2) is 5.38 Å². The lowest BCUT2D eigenvalue weighted by Crippen LogP contribution is -2.55. The van der Waals surface area contributed by atoms with Gasteiger partial charge in [-0.2, -0.15) is 0 Å². The van der Waals surface area contributed by atoms with E-state index in [0.717, 1.165) is 11.3 Å². The molecular formula is C13H20N2O6S. The van der Waals surface area contributed by atoms with E-state index in [1.54, 1.807) is 0 Å². The van der Waals surface area contributed by atoms with Crippen LogP contribution in [0.1, 0.15) is 35.4 Å². The van der Waals surface area contributed by atoms with Gasteiger partial charge in [0.2, 0.25) is 0 Å². The largest absolute Gasteiger partial charge is 0.394 e. The van der Waals surface area contributed by atoms with Gasteiger partial charge in [-0.05, 0) is 13.8 Å². The van der Waals surface area contributed by atoms with E-state index in [-0.39, 0.29) is 17.6 Å². The Balaban J connectivity index is 2.17. The van der Waals surface area contributed by atoms with E-state index < -0.39 is 37.1 Å². The average molecular weight is 332 g/mol. The summed E-state index contributed by atoms with van der Waals surface area (Å²) in [6.45, 7) is 3.14. The second kappa shape index (κ2) is 6.99. The standard InChI is InChI=1S/C13H20N2O6S/c1-5(2)14-12(20)6-4-22-13(15-6)11-10(19)9(18)8(17)7(3-16)21-11/h4-5,7-11,16-19H,3H2,1-2H3,(H,14,20)/t7-,8+,9+,10-,11-/m1/s1. The summed E-state index contributed by atoms with van der Waals surface area (Å²) >= 11 is 1.10. The second-order valence-electron chi connectivity index (χ2n) is 5.45. The van der Waals surface area contributed by atoms with Crippen LogP contribution >= 0.6 is 11.3 Å². The number of ether oxygens (including phenoxy) is 1. The number of carbonyl (C=O) groups excluding carboxylic acids is 1. The summed E-state index contributed by atoms with van der Waals surface area (Å²) in [5.41, 5.74) is 0.186. The Morgan fingerprint density at radius 3 is 2.64 bits per heavy atom. The summed E-state index contributed by atoms with van der Waals surface area (Å²) < 4.78 is 5.40. The Hall–Kier alpha value is -1.10.